The van der Waals surface area contributed by atoms with E-state index in [0.29, 0.717) is 0 Å². The van der Waals surface area contributed by atoms with Gasteiger partial charge in [-0.15, -0.1) is 0 Å². The number of hydrogen-bond donors (Lipinski definition) is 0. The van der Waals surface area contributed by atoms with Gasteiger partial charge < -0.3 is 13.9 Å². The Kier molecular flexibility index (Phi) is 6.98. The van der Waals surface area contributed by atoms with Crippen LogP contribution in [0.15, 0.2) is 199 Å². The summed E-state index contributed by atoms with van der Waals surface area (Å²) in [5, 5.41) is 7.12. The molecule has 0 saturated carbocycles. The Bertz CT molecular complexity index is 3370. The van der Waals surface area contributed by atoms with E-state index in [9.17, 15) is 0 Å². The maximum absolute atomic E-state index is 6.75. The van der Waals surface area contributed by atoms with Gasteiger partial charge in [0.25, 0.3) is 0 Å². The summed E-state index contributed by atoms with van der Waals surface area (Å²) in [6.07, 6.45) is 0. The van der Waals surface area contributed by atoms with Crippen molar-refractivity contribution in [3.8, 4) is 27.9 Å². The zero-order chi connectivity index (χ0) is 38.5. The van der Waals surface area contributed by atoms with Crippen molar-refractivity contribution in [2.24, 2.45) is 0 Å². The summed E-state index contributed by atoms with van der Waals surface area (Å²) in [4.78, 5) is 2.43. The van der Waals surface area contributed by atoms with Crippen molar-refractivity contribution in [1.29, 1.82) is 0 Å². The molecule has 3 nitrogen and oxygen atoms in total. The maximum Gasteiger partial charge on any atom is 0.143 e. The summed E-state index contributed by atoms with van der Waals surface area (Å²) in [6.45, 7) is 4.70. The number of aromatic nitrogens is 1. The first-order chi connectivity index (χ1) is 28.5. The van der Waals surface area contributed by atoms with Crippen LogP contribution in [0.3, 0.4) is 0 Å². The van der Waals surface area contributed by atoms with Crippen LogP contribution in [-0.2, 0) is 5.41 Å². The lowest BCUT2D eigenvalue weighted by molar-refractivity contribution is 0.660. The van der Waals surface area contributed by atoms with E-state index in [1.807, 2.05) is 0 Å². The van der Waals surface area contributed by atoms with Gasteiger partial charge in [-0.25, -0.2) is 0 Å². The summed E-state index contributed by atoms with van der Waals surface area (Å²) in [5.74, 6) is 0. The lowest BCUT2D eigenvalue weighted by Gasteiger charge is -2.29. The molecule has 3 heteroatoms. The van der Waals surface area contributed by atoms with Gasteiger partial charge in [0, 0.05) is 60.5 Å². The van der Waals surface area contributed by atoms with Gasteiger partial charge in [-0.05, 0) is 88.3 Å². The molecule has 58 heavy (non-hydrogen) atoms. The van der Waals surface area contributed by atoms with Crippen LogP contribution in [0.5, 0.6) is 0 Å². The van der Waals surface area contributed by atoms with E-state index in [2.05, 4.69) is 217 Å². The second-order valence-electron chi connectivity index (χ2n) is 16.1. The molecule has 1 aliphatic rings. The van der Waals surface area contributed by atoms with Crippen LogP contribution < -0.4 is 4.90 Å². The number of anilines is 3. The number of furan rings is 1. The first kappa shape index (κ1) is 32.8. The zero-order valence-electron chi connectivity index (χ0n) is 32.3. The van der Waals surface area contributed by atoms with Crippen LogP contribution in [0.25, 0.3) is 82.5 Å². The number of para-hydroxylation sites is 3. The highest BCUT2D eigenvalue weighted by atomic mass is 16.3. The second-order valence-corrected chi connectivity index (χ2v) is 16.1. The van der Waals surface area contributed by atoms with Crippen LogP contribution in [0, 0.1) is 0 Å². The van der Waals surface area contributed by atoms with E-state index in [1.54, 1.807) is 0 Å². The highest BCUT2D eigenvalue weighted by Crippen LogP contribution is 2.54. The Hall–Kier alpha value is -7.36. The van der Waals surface area contributed by atoms with E-state index >= 15 is 0 Å². The molecule has 0 spiro atoms. The van der Waals surface area contributed by atoms with Crippen LogP contribution in [-0.4, -0.2) is 4.57 Å². The third kappa shape index (κ3) is 4.68. The van der Waals surface area contributed by atoms with Gasteiger partial charge in [0.05, 0.1) is 16.7 Å². The molecule has 1 aliphatic carbocycles. The minimum Gasteiger partial charge on any atom is -0.455 e. The SMILES string of the molecule is CC1(C)c2ccccc2-c2c(N(c3ccc(-c4cccc5c4oc4c6ccccc6ccc54)cc3)c3ccc(-n4c5ccccc5c5ccccc54)cc3)cccc21. The largest absolute Gasteiger partial charge is 0.455 e. The zero-order valence-corrected chi connectivity index (χ0v) is 32.3. The van der Waals surface area contributed by atoms with Gasteiger partial charge in [-0.3, -0.25) is 0 Å². The van der Waals surface area contributed by atoms with E-state index in [0.717, 1.165) is 55.5 Å². The fourth-order valence-electron chi connectivity index (χ4n) is 9.84. The Labute approximate surface area is 336 Å². The topological polar surface area (TPSA) is 21.3 Å². The molecule has 0 atom stereocenters. The predicted octanol–water partition coefficient (Wildman–Crippen LogP) is 15.3. The smallest absolute Gasteiger partial charge is 0.143 e. The fraction of sp³-hybridized carbons (Fsp3) is 0.0545. The molecule has 0 saturated heterocycles. The molecule has 0 bridgehead atoms. The number of hydrogen-bond acceptors (Lipinski definition) is 2. The van der Waals surface area contributed by atoms with Crippen LogP contribution in [0.2, 0.25) is 0 Å². The molecule has 274 valence electrons. The Morgan fingerprint density at radius 3 is 1.76 bits per heavy atom. The quantitative estimate of drug-likeness (QED) is 0.175. The lowest BCUT2D eigenvalue weighted by atomic mass is 9.82. The monoisotopic (exact) mass is 742 g/mol. The highest BCUT2D eigenvalue weighted by Gasteiger charge is 2.37. The van der Waals surface area contributed by atoms with Gasteiger partial charge in [0.15, 0.2) is 0 Å². The minimum atomic E-state index is -0.117. The van der Waals surface area contributed by atoms with Gasteiger partial charge in [-0.2, -0.15) is 0 Å². The maximum atomic E-state index is 6.75. The van der Waals surface area contributed by atoms with Crippen molar-refractivity contribution in [2.45, 2.75) is 19.3 Å². The summed E-state index contributed by atoms with van der Waals surface area (Å²) in [6, 6.07) is 70.6. The molecule has 9 aromatic carbocycles. The summed E-state index contributed by atoms with van der Waals surface area (Å²) < 4.78 is 9.14. The molecular weight excluding hydrogens is 705 g/mol. The number of rotatable bonds is 5. The number of fused-ring (bicyclic) bond motifs is 11. The predicted molar refractivity (Wildman–Crippen MR) is 243 cm³/mol. The van der Waals surface area contributed by atoms with Crippen LogP contribution in [0.1, 0.15) is 25.0 Å². The van der Waals surface area contributed by atoms with Crippen molar-refractivity contribution >= 4 is 71.6 Å². The molecule has 0 fully saturated rings. The second kappa shape index (κ2) is 12.3. The molecule has 0 unspecified atom stereocenters. The van der Waals surface area contributed by atoms with Crippen molar-refractivity contribution in [3.63, 3.8) is 0 Å². The first-order valence-electron chi connectivity index (χ1n) is 20.1. The van der Waals surface area contributed by atoms with Gasteiger partial charge in [0.1, 0.15) is 11.2 Å². The Morgan fingerprint density at radius 1 is 0.431 bits per heavy atom. The average molecular weight is 743 g/mol. The van der Waals surface area contributed by atoms with Gasteiger partial charge in [0.2, 0.25) is 0 Å². The van der Waals surface area contributed by atoms with Crippen LogP contribution in [0.4, 0.5) is 17.1 Å². The normalized spacial score (nSPS) is 13.1. The summed E-state index contributed by atoms with van der Waals surface area (Å²) >= 11 is 0. The fourth-order valence-corrected chi connectivity index (χ4v) is 9.84. The number of nitrogens with zero attached hydrogens (tertiary/aromatic N) is 2. The van der Waals surface area contributed by atoms with Crippen molar-refractivity contribution in [2.75, 3.05) is 4.90 Å². The molecular formula is C55H38N2O. The summed E-state index contributed by atoms with van der Waals surface area (Å²) in [5.41, 5.74) is 16.1. The van der Waals surface area contributed by atoms with E-state index < -0.39 is 0 Å². The Morgan fingerprint density at radius 2 is 1.00 bits per heavy atom. The molecule has 12 rings (SSSR count). The van der Waals surface area contributed by atoms with Crippen LogP contribution >= 0.6 is 0 Å². The van der Waals surface area contributed by atoms with Crippen molar-refractivity contribution < 1.29 is 4.42 Å². The minimum absolute atomic E-state index is 0.117. The standard InChI is InChI=1S/C55H38N2O/c1-55(2)47-20-8-5-17-46(47)52-48(55)21-12-24-51(52)56(38-30-32-39(33-31-38)57-49-22-9-6-15-42(49)43-16-7-10-23-50(43)57)37-28-25-36(26-29-37)41-18-11-19-44-45-34-27-35-13-3-4-14-40(35)54(45)58-53(41)44/h3-34H,1-2H3. The molecule has 0 radical (unpaired) electrons. The molecule has 0 amide bonds. The van der Waals surface area contributed by atoms with Crippen molar-refractivity contribution in [1.82, 2.24) is 4.57 Å². The molecule has 2 aromatic heterocycles. The third-order valence-corrected chi connectivity index (χ3v) is 12.6. The van der Waals surface area contributed by atoms with Crippen molar-refractivity contribution in [3.05, 3.63) is 205 Å². The lowest BCUT2D eigenvalue weighted by Crippen LogP contribution is -2.16. The van der Waals surface area contributed by atoms with Gasteiger partial charge >= 0.3 is 0 Å². The third-order valence-electron chi connectivity index (χ3n) is 12.6. The molecule has 11 aromatic rings. The first-order valence-corrected chi connectivity index (χ1v) is 20.1. The number of benzene rings is 9. The van der Waals surface area contributed by atoms with Gasteiger partial charge in [-0.1, -0.05) is 147 Å². The highest BCUT2D eigenvalue weighted by molar-refractivity contribution is 6.17. The van der Waals surface area contributed by atoms with E-state index in [4.69, 9.17) is 4.42 Å². The molecule has 2 heterocycles. The Balaban J connectivity index is 1.02. The van der Waals surface area contributed by atoms with E-state index in [1.165, 1.54) is 55.1 Å². The summed E-state index contributed by atoms with van der Waals surface area (Å²) in [7, 11) is 0. The molecule has 0 N–H and O–H groups in total. The average Bonchev–Trinajstić information content (AvgIpc) is 3.91. The van der Waals surface area contributed by atoms with E-state index in [-0.39, 0.29) is 5.41 Å². The molecule has 0 aliphatic heterocycles.